The molecular weight excluding hydrogens is 485 g/mol. The van der Waals surface area contributed by atoms with Gasteiger partial charge in [0.05, 0.1) is 42.5 Å². The zero-order chi connectivity index (χ0) is 24.9. The summed E-state index contributed by atoms with van der Waals surface area (Å²) in [7, 11) is 1.31. The second-order valence-corrected chi connectivity index (χ2v) is 9.00. The minimum Gasteiger partial charge on any atom is -0.496 e. The number of methoxy groups -OCH3 is 1. The lowest BCUT2D eigenvalue weighted by Gasteiger charge is -2.20. The molecule has 5 rings (SSSR count). The van der Waals surface area contributed by atoms with Gasteiger partial charge in [0.15, 0.2) is 0 Å². The molecule has 0 amide bonds. The van der Waals surface area contributed by atoms with E-state index in [1.807, 2.05) is 0 Å². The highest BCUT2D eigenvalue weighted by Crippen LogP contribution is 2.44. The third-order valence-corrected chi connectivity index (χ3v) is 6.94. The molecule has 35 heavy (non-hydrogen) atoms. The number of hydrogen-bond donors (Lipinski definition) is 3. The molecule has 1 fully saturated rings. The highest BCUT2D eigenvalue weighted by atomic mass is 35.5. The van der Waals surface area contributed by atoms with Crippen molar-refractivity contribution in [3.8, 4) is 16.9 Å². The SMILES string of the molecule is COc1ccc(F)c(Cl)c1[C@H](c1c[nH]c2ncc(-c3cnn(C4C[C@@H](O)[C@@H](O)C4)c3)cc12)C(F)F. The van der Waals surface area contributed by atoms with Crippen LogP contribution in [0, 0.1) is 5.82 Å². The molecule has 0 aliphatic heterocycles. The standard InChI is InChI=1S/C24H22ClF3N4O3/c1-35-19-3-2-16(26)22(25)21(19)20(23(27)28)15-9-30-24-14(15)4-11(7-29-24)12-8-31-32(10-12)13-5-17(33)18(34)6-13/h2-4,7-10,13,17-18,20,23,33-34H,5-6H2,1H3,(H,29,30)/t13?,17-,18+,20-/m0/s1. The first-order chi connectivity index (χ1) is 16.8. The number of H-pyrrole nitrogens is 1. The molecule has 1 unspecified atom stereocenters. The molecule has 11 heteroatoms. The van der Waals surface area contributed by atoms with Crippen LogP contribution in [-0.4, -0.2) is 55.7 Å². The van der Waals surface area contributed by atoms with E-state index in [9.17, 15) is 23.4 Å². The van der Waals surface area contributed by atoms with Gasteiger partial charge in [-0.05, 0) is 36.6 Å². The maximum absolute atomic E-state index is 14.4. The highest BCUT2D eigenvalue weighted by molar-refractivity contribution is 6.31. The second-order valence-electron chi connectivity index (χ2n) is 8.62. The molecule has 0 spiro atoms. The molecule has 0 saturated heterocycles. The Morgan fingerprint density at radius 2 is 1.91 bits per heavy atom. The summed E-state index contributed by atoms with van der Waals surface area (Å²) in [6.07, 6.45) is 2.65. The van der Waals surface area contributed by atoms with Crippen molar-refractivity contribution in [2.45, 2.75) is 43.4 Å². The molecule has 0 bridgehead atoms. The summed E-state index contributed by atoms with van der Waals surface area (Å²) in [5.41, 5.74) is 1.77. The van der Waals surface area contributed by atoms with Gasteiger partial charge in [0.25, 0.3) is 0 Å². The number of ether oxygens (including phenoxy) is 1. The zero-order valence-electron chi connectivity index (χ0n) is 18.5. The van der Waals surface area contributed by atoms with Crippen LogP contribution in [0.25, 0.3) is 22.2 Å². The number of aliphatic hydroxyl groups excluding tert-OH is 2. The molecule has 3 aromatic heterocycles. The van der Waals surface area contributed by atoms with Crippen LogP contribution < -0.4 is 4.74 Å². The van der Waals surface area contributed by atoms with Gasteiger partial charge in [-0.2, -0.15) is 5.10 Å². The predicted molar refractivity (Wildman–Crippen MR) is 123 cm³/mol. The lowest BCUT2D eigenvalue weighted by molar-refractivity contribution is 0.0438. The van der Waals surface area contributed by atoms with Crippen LogP contribution in [0.5, 0.6) is 5.75 Å². The lowest BCUT2D eigenvalue weighted by Crippen LogP contribution is -2.17. The van der Waals surface area contributed by atoms with Crippen molar-refractivity contribution in [1.82, 2.24) is 19.7 Å². The van der Waals surface area contributed by atoms with E-state index in [0.29, 0.717) is 35.0 Å². The molecule has 0 radical (unpaired) electrons. The summed E-state index contributed by atoms with van der Waals surface area (Å²) >= 11 is 6.14. The maximum atomic E-state index is 14.4. The Kier molecular flexibility index (Phi) is 6.20. The van der Waals surface area contributed by atoms with Gasteiger partial charge in [-0.1, -0.05) is 11.6 Å². The topological polar surface area (TPSA) is 96.2 Å². The van der Waals surface area contributed by atoms with Crippen LogP contribution >= 0.6 is 11.6 Å². The molecule has 1 aliphatic rings. The maximum Gasteiger partial charge on any atom is 0.249 e. The van der Waals surface area contributed by atoms with E-state index >= 15 is 0 Å². The Morgan fingerprint density at radius 3 is 2.60 bits per heavy atom. The van der Waals surface area contributed by atoms with E-state index in [1.165, 1.54) is 19.4 Å². The summed E-state index contributed by atoms with van der Waals surface area (Å²) in [5, 5.41) is 24.0. The third-order valence-electron chi connectivity index (χ3n) is 6.55. The summed E-state index contributed by atoms with van der Waals surface area (Å²) in [6.45, 7) is 0. The number of aliphatic hydroxyl groups is 2. The number of benzene rings is 1. The third kappa shape index (κ3) is 4.15. The summed E-state index contributed by atoms with van der Waals surface area (Å²) in [5.74, 6) is -2.33. The molecule has 1 aliphatic carbocycles. The van der Waals surface area contributed by atoms with Crippen LogP contribution in [0.15, 0.2) is 43.0 Å². The van der Waals surface area contributed by atoms with Crippen molar-refractivity contribution in [3.63, 3.8) is 0 Å². The average Bonchev–Trinajstić information content (AvgIpc) is 3.56. The van der Waals surface area contributed by atoms with E-state index in [1.54, 1.807) is 29.3 Å². The molecular formula is C24H22ClF3N4O3. The van der Waals surface area contributed by atoms with Crippen LogP contribution in [0.2, 0.25) is 5.02 Å². The Morgan fingerprint density at radius 1 is 1.17 bits per heavy atom. The van der Waals surface area contributed by atoms with Gasteiger partial charge in [0.2, 0.25) is 6.43 Å². The van der Waals surface area contributed by atoms with Gasteiger partial charge in [-0.3, -0.25) is 4.68 Å². The fourth-order valence-electron chi connectivity index (χ4n) is 4.74. The van der Waals surface area contributed by atoms with Crippen molar-refractivity contribution in [1.29, 1.82) is 0 Å². The quantitative estimate of drug-likeness (QED) is 0.353. The second kappa shape index (κ2) is 9.18. The van der Waals surface area contributed by atoms with Crippen LogP contribution in [0.3, 0.4) is 0 Å². The number of nitrogens with one attached hydrogen (secondary N) is 1. The van der Waals surface area contributed by atoms with Gasteiger partial charge in [-0.25, -0.2) is 18.2 Å². The number of aromatic amines is 1. The molecule has 3 heterocycles. The van der Waals surface area contributed by atoms with Crippen molar-refractivity contribution >= 4 is 22.6 Å². The Balaban J connectivity index is 1.57. The number of hydrogen-bond acceptors (Lipinski definition) is 5. The smallest absolute Gasteiger partial charge is 0.249 e. The fourth-order valence-corrected chi connectivity index (χ4v) is 5.02. The largest absolute Gasteiger partial charge is 0.496 e. The molecule has 4 aromatic rings. The Bertz CT molecular complexity index is 1370. The predicted octanol–water partition coefficient (Wildman–Crippen LogP) is 4.68. The van der Waals surface area contributed by atoms with Gasteiger partial charge >= 0.3 is 0 Å². The van der Waals surface area contributed by atoms with Crippen LogP contribution in [-0.2, 0) is 0 Å². The molecule has 184 valence electrons. The molecule has 4 atom stereocenters. The molecule has 3 N–H and O–H groups in total. The first-order valence-corrected chi connectivity index (χ1v) is 11.3. The van der Waals surface area contributed by atoms with Crippen molar-refractivity contribution in [2.24, 2.45) is 0 Å². The number of alkyl halides is 2. The fraction of sp³-hybridized carbons (Fsp3) is 0.333. The molecule has 1 aromatic carbocycles. The molecule has 7 nitrogen and oxygen atoms in total. The number of aromatic nitrogens is 4. The van der Waals surface area contributed by atoms with Gasteiger partial charge in [0, 0.05) is 40.7 Å². The number of pyridine rings is 1. The number of nitrogens with zero attached hydrogens (tertiary/aromatic N) is 3. The monoisotopic (exact) mass is 506 g/mol. The van der Waals surface area contributed by atoms with Crippen molar-refractivity contribution < 1.29 is 28.1 Å². The average molecular weight is 507 g/mol. The van der Waals surface area contributed by atoms with Crippen molar-refractivity contribution in [2.75, 3.05) is 7.11 Å². The highest BCUT2D eigenvalue weighted by Gasteiger charge is 2.34. The molecule has 1 saturated carbocycles. The van der Waals surface area contributed by atoms with Gasteiger partial charge in [0.1, 0.15) is 17.2 Å². The summed E-state index contributed by atoms with van der Waals surface area (Å²) in [4.78, 5) is 7.28. The van der Waals surface area contributed by atoms with Gasteiger partial charge < -0.3 is 19.9 Å². The van der Waals surface area contributed by atoms with Gasteiger partial charge in [-0.15, -0.1) is 0 Å². The Labute approximate surface area is 203 Å². The van der Waals surface area contributed by atoms with E-state index < -0.39 is 35.4 Å². The van der Waals surface area contributed by atoms with E-state index in [2.05, 4.69) is 15.1 Å². The normalized spacial score (nSPS) is 21.2. The van der Waals surface area contributed by atoms with Crippen molar-refractivity contribution in [3.05, 3.63) is 65.0 Å². The van der Waals surface area contributed by atoms with Crippen LogP contribution in [0.1, 0.15) is 35.9 Å². The number of rotatable bonds is 6. The zero-order valence-corrected chi connectivity index (χ0v) is 19.3. The van der Waals surface area contributed by atoms with E-state index in [0.717, 1.165) is 6.07 Å². The lowest BCUT2D eigenvalue weighted by atomic mass is 9.90. The first kappa shape index (κ1) is 23.7. The summed E-state index contributed by atoms with van der Waals surface area (Å²) < 4.78 is 50.0. The minimum atomic E-state index is -2.91. The Hall–Kier alpha value is -3.08. The van der Waals surface area contributed by atoms with E-state index in [-0.39, 0.29) is 22.9 Å². The number of fused-ring (bicyclic) bond motifs is 1. The van der Waals surface area contributed by atoms with Crippen LogP contribution in [0.4, 0.5) is 13.2 Å². The first-order valence-electron chi connectivity index (χ1n) is 11.0. The minimum absolute atomic E-state index is 0.0578. The number of halogens is 4. The van der Waals surface area contributed by atoms with E-state index in [4.69, 9.17) is 16.3 Å². The summed E-state index contributed by atoms with van der Waals surface area (Å²) in [6, 6.07) is 3.90.